The van der Waals surface area contributed by atoms with Crippen LogP contribution in [0.15, 0.2) is 53.3 Å². The first-order chi connectivity index (χ1) is 13.1. The average Bonchev–Trinajstić information content (AvgIpc) is 2.71. The standard InChI is InChI=1S/C19H17N3O5/c23-19-20-18(13-4-2-1-3-5-13)16-10-14(22(24)25)6-7-17(16)21(19)11-15-12-26-8-9-27-15/h1-7,10,15H,8-9,11-12H2. The van der Waals surface area contributed by atoms with Gasteiger partial charge in [-0.15, -0.1) is 0 Å². The second kappa shape index (κ2) is 7.26. The maximum absolute atomic E-state index is 12.7. The molecule has 1 saturated heterocycles. The molecular formula is C19H17N3O5. The van der Waals surface area contributed by atoms with Crippen LogP contribution in [-0.4, -0.2) is 40.4 Å². The topological polar surface area (TPSA) is 96.5 Å². The van der Waals surface area contributed by atoms with Gasteiger partial charge in [0.25, 0.3) is 5.69 Å². The van der Waals surface area contributed by atoms with Crippen LogP contribution in [0.2, 0.25) is 0 Å². The number of benzene rings is 2. The Labute approximate surface area is 154 Å². The number of rotatable bonds is 4. The SMILES string of the molecule is O=c1nc(-c2ccccc2)c2cc([N+](=O)[O-])ccc2n1CC1COCCO1. The van der Waals surface area contributed by atoms with E-state index in [1.54, 1.807) is 6.07 Å². The summed E-state index contributed by atoms with van der Waals surface area (Å²) in [6.45, 7) is 1.67. The van der Waals surface area contributed by atoms with E-state index in [0.29, 0.717) is 36.4 Å². The van der Waals surface area contributed by atoms with Crippen LogP contribution in [0.5, 0.6) is 0 Å². The molecule has 4 rings (SSSR count). The molecule has 1 atom stereocenters. The number of aromatic nitrogens is 2. The van der Waals surface area contributed by atoms with Crippen molar-refractivity contribution in [2.24, 2.45) is 0 Å². The van der Waals surface area contributed by atoms with Crippen molar-refractivity contribution in [2.45, 2.75) is 12.6 Å². The first-order valence-electron chi connectivity index (χ1n) is 8.57. The molecule has 1 aromatic heterocycles. The highest BCUT2D eigenvalue weighted by molar-refractivity contribution is 5.93. The van der Waals surface area contributed by atoms with Gasteiger partial charge in [0.15, 0.2) is 0 Å². The quantitative estimate of drug-likeness (QED) is 0.519. The van der Waals surface area contributed by atoms with Gasteiger partial charge in [0, 0.05) is 23.1 Å². The van der Waals surface area contributed by atoms with Gasteiger partial charge in [-0.3, -0.25) is 14.7 Å². The molecule has 0 bridgehead atoms. The van der Waals surface area contributed by atoms with Crippen LogP contribution in [0, 0.1) is 10.1 Å². The summed E-state index contributed by atoms with van der Waals surface area (Å²) in [6, 6.07) is 13.6. The summed E-state index contributed by atoms with van der Waals surface area (Å²) in [6.07, 6.45) is -0.265. The molecule has 1 fully saturated rings. The first-order valence-corrected chi connectivity index (χ1v) is 8.57. The van der Waals surface area contributed by atoms with E-state index in [9.17, 15) is 14.9 Å². The Morgan fingerprint density at radius 3 is 2.70 bits per heavy atom. The molecule has 8 nitrogen and oxygen atoms in total. The van der Waals surface area contributed by atoms with Crippen molar-refractivity contribution in [3.63, 3.8) is 0 Å². The number of nitro benzene ring substituents is 1. The third-order valence-electron chi connectivity index (χ3n) is 4.49. The maximum atomic E-state index is 12.7. The first kappa shape index (κ1) is 17.3. The second-order valence-electron chi connectivity index (χ2n) is 6.25. The summed E-state index contributed by atoms with van der Waals surface area (Å²) >= 11 is 0. The Morgan fingerprint density at radius 1 is 1.19 bits per heavy atom. The minimum atomic E-state index is -0.457. The van der Waals surface area contributed by atoms with Gasteiger partial charge in [-0.25, -0.2) is 4.79 Å². The van der Waals surface area contributed by atoms with Crippen molar-refractivity contribution in [2.75, 3.05) is 19.8 Å². The van der Waals surface area contributed by atoms with Crippen LogP contribution in [-0.2, 0) is 16.0 Å². The highest BCUT2D eigenvalue weighted by atomic mass is 16.6. The monoisotopic (exact) mass is 367 g/mol. The zero-order chi connectivity index (χ0) is 18.8. The highest BCUT2D eigenvalue weighted by Gasteiger charge is 2.20. The molecule has 2 aromatic carbocycles. The summed E-state index contributed by atoms with van der Waals surface area (Å²) in [5.41, 5.74) is 1.25. The minimum Gasteiger partial charge on any atom is -0.376 e. The van der Waals surface area contributed by atoms with Gasteiger partial charge in [0.1, 0.15) is 0 Å². The fourth-order valence-corrected chi connectivity index (χ4v) is 3.22. The molecule has 138 valence electrons. The molecule has 0 radical (unpaired) electrons. The van der Waals surface area contributed by atoms with E-state index in [4.69, 9.17) is 9.47 Å². The number of non-ortho nitro benzene ring substituents is 1. The minimum absolute atomic E-state index is 0.0519. The summed E-state index contributed by atoms with van der Waals surface area (Å²) in [4.78, 5) is 27.8. The molecule has 2 heterocycles. The van der Waals surface area contributed by atoms with E-state index in [1.165, 1.54) is 16.7 Å². The molecule has 0 N–H and O–H groups in total. The predicted molar refractivity (Wildman–Crippen MR) is 98.7 cm³/mol. The van der Waals surface area contributed by atoms with Crippen molar-refractivity contribution in [3.05, 3.63) is 69.1 Å². The lowest BCUT2D eigenvalue weighted by atomic mass is 10.1. The zero-order valence-corrected chi connectivity index (χ0v) is 14.4. The van der Waals surface area contributed by atoms with Gasteiger partial charge < -0.3 is 9.47 Å². The zero-order valence-electron chi connectivity index (χ0n) is 14.4. The number of fused-ring (bicyclic) bond motifs is 1. The van der Waals surface area contributed by atoms with Gasteiger partial charge >= 0.3 is 5.69 Å². The van der Waals surface area contributed by atoms with Crippen LogP contribution >= 0.6 is 0 Å². The third kappa shape index (κ3) is 3.44. The van der Waals surface area contributed by atoms with E-state index in [-0.39, 0.29) is 18.3 Å². The summed E-state index contributed by atoms with van der Waals surface area (Å²) in [7, 11) is 0. The largest absolute Gasteiger partial charge is 0.376 e. The van der Waals surface area contributed by atoms with Gasteiger partial charge in [-0.05, 0) is 6.07 Å². The number of nitro groups is 1. The van der Waals surface area contributed by atoms with Gasteiger partial charge in [-0.1, -0.05) is 30.3 Å². The predicted octanol–water partition coefficient (Wildman–Crippen LogP) is 2.39. The van der Waals surface area contributed by atoms with Crippen LogP contribution < -0.4 is 5.69 Å². The maximum Gasteiger partial charge on any atom is 0.348 e. The van der Waals surface area contributed by atoms with E-state index < -0.39 is 10.6 Å². The number of hydrogen-bond donors (Lipinski definition) is 0. The summed E-state index contributed by atoms with van der Waals surface area (Å²) < 4.78 is 12.5. The number of hydrogen-bond acceptors (Lipinski definition) is 6. The third-order valence-corrected chi connectivity index (χ3v) is 4.49. The molecule has 1 aliphatic rings. The van der Waals surface area contributed by atoms with Crippen LogP contribution in [0.25, 0.3) is 22.2 Å². The molecule has 1 aliphatic heterocycles. The molecule has 0 saturated carbocycles. The lowest BCUT2D eigenvalue weighted by Gasteiger charge is -2.24. The molecule has 1 unspecified atom stereocenters. The van der Waals surface area contributed by atoms with Crippen molar-refractivity contribution in [1.29, 1.82) is 0 Å². The lowest BCUT2D eigenvalue weighted by molar-refractivity contribution is -0.384. The lowest BCUT2D eigenvalue weighted by Crippen LogP contribution is -2.36. The smallest absolute Gasteiger partial charge is 0.348 e. The molecule has 27 heavy (non-hydrogen) atoms. The van der Waals surface area contributed by atoms with Crippen molar-refractivity contribution >= 4 is 16.6 Å². The van der Waals surface area contributed by atoms with Gasteiger partial charge in [-0.2, -0.15) is 4.98 Å². The van der Waals surface area contributed by atoms with Crippen molar-refractivity contribution in [3.8, 4) is 11.3 Å². The Kier molecular flexibility index (Phi) is 4.66. The van der Waals surface area contributed by atoms with Gasteiger partial charge in [0.05, 0.1) is 48.6 Å². The Hall–Kier alpha value is -3.10. The fraction of sp³-hybridized carbons (Fsp3) is 0.263. The van der Waals surface area contributed by atoms with E-state index in [1.807, 2.05) is 30.3 Å². The van der Waals surface area contributed by atoms with Crippen LogP contribution in [0.1, 0.15) is 0 Å². The summed E-state index contributed by atoms with van der Waals surface area (Å²) in [5.74, 6) is 0. The normalized spacial score (nSPS) is 17.1. The number of ether oxygens (including phenoxy) is 2. The van der Waals surface area contributed by atoms with E-state index in [2.05, 4.69) is 4.98 Å². The van der Waals surface area contributed by atoms with E-state index in [0.717, 1.165) is 5.56 Å². The Bertz CT molecular complexity index is 1040. The highest BCUT2D eigenvalue weighted by Crippen LogP contribution is 2.28. The van der Waals surface area contributed by atoms with Crippen molar-refractivity contribution in [1.82, 2.24) is 9.55 Å². The second-order valence-corrected chi connectivity index (χ2v) is 6.25. The summed E-state index contributed by atoms with van der Waals surface area (Å²) in [5, 5.41) is 11.8. The van der Waals surface area contributed by atoms with Crippen LogP contribution in [0.4, 0.5) is 5.69 Å². The molecule has 8 heteroatoms. The van der Waals surface area contributed by atoms with E-state index >= 15 is 0 Å². The van der Waals surface area contributed by atoms with Gasteiger partial charge in [0.2, 0.25) is 0 Å². The van der Waals surface area contributed by atoms with Crippen molar-refractivity contribution < 1.29 is 14.4 Å². The van der Waals surface area contributed by atoms with Crippen LogP contribution in [0.3, 0.4) is 0 Å². The molecule has 3 aromatic rings. The molecular weight excluding hydrogens is 350 g/mol. The molecule has 0 spiro atoms. The Morgan fingerprint density at radius 2 is 2.00 bits per heavy atom. The molecule has 0 aliphatic carbocycles. The molecule has 0 amide bonds. The Balaban J connectivity index is 1.91. The fourth-order valence-electron chi connectivity index (χ4n) is 3.22. The number of nitrogens with zero attached hydrogens (tertiary/aromatic N) is 3. The average molecular weight is 367 g/mol.